The zero-order valence-electron chi connectivity index (χ0n) is 18.4. The number of fused-ring (bicyclic) bond motifs is 3. The maximum atomic E-state index is 13.4. The second-order valence-corrected chi connectivity index (χ2v) is 8.01. The molecule has 182 valence electrons. The molecule has 0 saturated heterocycles. The highest BCUT2D eigenvalue weighted by atomic mass is 19.4. The van der Waals surface area contributed by atoms with Crippen LogP contribution in [0.15, 0.2) is 48.5 Å². The van der Waals surface area contributed by atoms with E-state index >= 15 is 0 Å². The number of nitrogens with one attached hydrogen (secondary N) is 2. The fourth-order valence-electron chi connectivity index (χ4n) is 4.00. The average molecular weight is 478 g/mol. The number of carboxylic acid groups (broad SMARTS) is 1. The van der Waals surface area contributed by atoms with Crippen molar-refractivity contribution >= 4 is 18.0 Å². The highest BCUT2D eigenvalue weighted by molar-refractivity contribution is 5.82. The molecule has 2 unspecified atom stereocenters. The molecule has 10 heteroatoms. The van der Waals surface area contributed by atoms with E-state index in [1.54, 1.807) is 6.92 Å². The number of benzene rings is 2. The molecule has 2 aromatic carbocycles. The van der Waals surface area contributed by atoms with Crippen LogP contribution < -0.4 is 10.6 Å². The summed E-state index contributed by atoms with van der Waals surface area (Å²) in [5.74, 6) is -5.45. The smallest absolute Gasteiger partial charge is 0.407 e. The standard InChI is InChI=1S/C24H25F3N2O5/c1-2-14(11-21(30)31)29-22(32)20(24(25,26)27)12-28-23(33)34-13-19-17-9-5-3-7-15(17)16-8-4-6-10-18(16)19/h3-10,14,19-20H,2,11-13H2,1H3,(H,28,33)(H,29,32)(H,30,31). The van der Waals surface area contributed by atoms with Crippen molar-refractivity contribution in [3.05, 3.63) is 59.7 Å². The van der Waals surface area contributed by atoms with E-state index in [0.29, 0.717) is 0 Å². The number of alkyl halides is 3. The molecule has 2 atom stereocenters. The molecule has 0 saturated carbocycles. The van der Waals surface area contributed by atoms with Crippen LogP contribution in [0.1, 0.15) is 36.8 Å². The van der Waals surface area contributed by atoms with E-state index in [2.05, 4.69) is 5.32 Å². The van der Waals surface area contributed by atoms with Crippen LogP contribution in [0.3, 0.4) is 0 Å². The summed E-state index contributed by atoms with van der Waals surface area (Å²) < 4.78 is 45.5. The van der Waals surface area contributed by atoms with Crippen molar-refractivity contribution < 1.29 is 37.4 Å². The van der Waals surface area contributed by atoms with Crippen LogP contribution in [-0.4, -0.2) is 48.4 Å². The number of hydrogen-bond acceptors (Lipinski definition) is 4. The minimum absolute atomic E-state index is 0.0841. The molecule has 1 aliphatic carbocycles. The Hall–Kier alpha value is -3.56. The Bertz CT molecular complexity index is 1010. The molecule has 0 aromatic heterocycles. The summed E-state index contributed by atoms with van der Waals surface area (Å²) in [6.45, 7) is 0.431. The molecule has 7 nitrogen and oxygen atoms in total. The first-order valence-electron chi connectivity index (χ1n) is 10.8. The summed E-state index contributed by atoms with van der Waals surface area (Å²) in [7, 11) is 0. The fourth-order valence-corrected chi connectivity index (χ4v) is 4.00. The molecule has 0 fully saturated rings. The molecule has 2 aromatic rings. The summed E-state index contributed by atoms with van der Waals surface area (Å²) >= 11 is 0. The highest BCUT2D eigenvalue weighted by Crippen LogP contribution is 2.44. The molecule has 1 aliphatic rings. The van der Waals surface area contributed by atoms with Gasteiger partial charge in [-0.25, -0.2) is 4.79 Å². The zero-order valence-corrected chi connectivity index (χ0v) is 18.4. The molecule has 0 aliphatic heterocycles. The molecule has 2 amide bonds. The van der Waals surface area contributed by atoms with Crippen molar-refractivity contribution in [3.8, 4) is 11.1 Å². The van der Waals surface area contributed by atoms with Gasteiger partial charge in [-0.15, -0.1) is 0 Å². The normalized spacial score (nSPS) is 14.5. The molecule has 0 radical (unpaired) electrons. The minimum Gasteiger partial charge on any atom is -0.481 e. The summed E-state index contributed by atoms with van der Waals surface area (Å²) in [4.78, 5) is 35.2. The number of ether oxygens (including phenoxy) is 1. The Morgan fingerprint density at radius 1 is 1.03 bits per heavy atom. The van der Waals surface area contributed by atoms with E-state index in [9.17, 15) is 27.6 Å². The Balaban J connectivity index is 1.61. The van der Waals surface area contributed by atoms with E-state index in [1.165, 1.54) is 0 Å². The number of carbonyl (C=O) groups is 3. The van der Waals surface area contributed by atoms with Gasteiger partial charge in [0.15, 0.2) is 5.92 Å². The average Bonchev–Trinajstić information content (AvgIpc) is 3.10. The Morgan fingerprint density at radius 2 is 1.59 bits per heavy atom. The number of alkyl carbamates (subject to hydrolysis) is 1. The predicted molar refractivity (Wildman–Crippen MR) is 117 cm³/mol. The van der Waals surface area contributed by atoms with Gasteiger partial charge in [0.25, 0.3) is 0 Å². The molecule has 3 rings (SSSR count). The predicted octanol–water partition coefficient (Wildman–Crippen LogP) is 4.07. The van der Waals surface area contributed by atoms with Crippen LogP contribution in [0.25, 0.3) is 11.1 Å². The second-order valence-electron chi connectivity index (χ2n) is 8.01. The van der Waals surface area contributed by atoms with Gasteiger partial charge in [0.05, 0.1) is 6.42 Å². The van der Waals surface area contributed by atoms with Crippen molar-refractivity contribution in [3.63, 3.8) is 0 Å². The number of carboxylic acids is 1. The lowest BCUT2D eigenvalue weighted by Gasteiger charge is -2.23. The van der Waals surface area contributed by atoms with Gasteiger partial charge in [0, 0.05) is 18.5 Å². The minimum atomic E-state index is -4.94. The Morgan fingerprint density at radius 3 is 2.09 bits per heavy atom. The highest BCUT2D eigenvalue weighted by Gasteiger charge is 2.45. The van der Waals surface area contributed by atoms with Gasteiger partial charge in [-0.1, -0.05) is 55.5 Å². The summed E-state index contributed by atoms with van der Waals surface area (Å²) in [5.41, 5.74) is 3.92. The maximum Gasteiger partial charge on any atom is 0.407 e. The topological polar surface area (TPSA) is 105 Å². The lowest BCUT2D eigenvalue weighted by Crippen LogP contribution is -2.49. The van der Waals surface area contributed by atoms with Crippen LogP contribution in [0.4, 0.5) is 18.0 Å². The Kier molecular flexibility index (Phi) is 7.80. The van der Waals surface area contributed by atoms with Crippen LogP contribution in [0.2, 0.25) is 0 Å². The molecule has 34 heavy (non-hydrogen) atoms. The molecular formula is C24H25F3N2O5. The summed E-state index contributed by atoms with van der Waals surface area (Å²) in [5, 5.41) is 12.9. The second kappa shape index (κ2) is 10.6. The first-order chi connectivity index (χ1) is 16.1. The molecule has 0 bridgehead atoms. The van der Waals surface area contributed by atoms with E-state index in [0.717, 1.165) is 22.3 Å². The van der Waals surface area contributed by atoms with Crippen molar-refractivity contribution in [1.82, 2.24) is 10.6 Å². The fraction of sp³-hybridized carbons (Fsp3) is 0.375. The quantitative estimate of drug-likeness (QED) is 0.504. The third-order valence-electron chi connectivity index (χ3n) is 5.77. The van der Waals surface area contributed by atoms with Crippen molar-refractivity contribution in [2.45, 2.75) is 37.9 Å². The summed E-state index contributed by atoms with van der Waals surface area (Å²) in [6.07, 6.45) is -6.39. The number of halogens is 3. The lowest BCUT2D eigenvalue weighted by atomic mass is 9.98. The van der Waals surface area contributed by atoms with Crippen LogP contribution >= 0.6 is 0 Å². The molecule has 0 spiro atoms. The van der Waals surface area contributed by atoms with Crippen LogP contribution in [-0.2, 0) is 14.3 Å². The maximum absolute atomic E-state index is 13.4. The van der Waals surface area contributed by atoms with Gasteiger partial charge in [-0.05, 0) is 28.7 Å². The van der Waals surface area contributed by atoms with E-state index in [1.807, 2.05) is 53.8 Å². The number of rotatable bonds is 9. The van der Waals surface area contributed by atoms with Gasteiger partial charge in [-0.3, -0.25) is 9.59 Å². The van der Waals surface area contributed by atoms with Crippen molar-refractivity contribution in [1.29, 1.82) is 0 Å². The largest absolute Gasteiger partial charge is 0.481 e. The SMILES string of the molecule is CCC(CC(=O)O)NC(=O)C(CNC(=O)OCC1c2ccccc2-c2ccccc21)C(F)(F)F. The van der Waals surface area contributed by atoms with E-state index in [4.69, 9.17) is 9.84 Å². The van der Waals surface area contributed by atoms with Gasteiger partial charge >= 0.3 is 18.2 Å². The monoisotopic (exact) mass is 478 g/mol. The van der Waals surface area contributed by atoms with Gasteiger partial charge in [0.1, 0.15) is 6.61 Å². The van der Waals surface area contributed by atoms with E-state index < -0.39 is 49.1 Å². The molecular weight excluding hydrogens is 453 g/mol. The van der Waals surface area contributed by atoms with Crippen LogP contribution in [0.5, 0.6) is 0 Å². The van der Waals surface area contributed by atoms with Crippen molar-refractivity contribution in [2.75, 3.05) is 13.2 Å². The third-order valence-corrected chi connectivity index (χ3v) is 5.77. The number of hydrogen-bond donors (Lipinski definition) is 3. The first-order valence-corrected chi connectivity index (χ1v) is 10.8. The van der Waals surface area contributed by atoms with Gasteiger partial charge in [0.2, 0.25) is 5.91 Å². The third kappa shape index (κ3) is 5.86. The van der Waals surface area contributed by atoms with Crippen LogP contribution in [0, 0.1) is 5.92 Å². The van der Waals surface area contributed by atoms with E-state index in [-0.39, 0.29) is 18.9 Å². The first kappa shape index (κ1) is 25.1. The van der Waals surface area contributed by atoms with Gasteiger partial charge in [-0.2, -0.15) is 13.2 Å². The summed E-state index contributed by atoms with van der Waals surface area (Å²) in [6, 6.07) is 14.3. The number of amides is 2. The molecule has 3 N–H and O–H groups in total. The van der Waals surface area contributed by atoms with Crippen molar-refractivity contribution in [2.24, 2.45) is 5.92 Å². The Labute approximate surface area is 194 Å². The number of carbonyl (C=O) groups excluding carboxylic acids is 2. The van der Waals surface area contributed by atoms with Gasteiger partial charge < -0.3 is 20.5 Å². The lowest BCUT2D eigenvalue weighted by molar-refractivity contribution is -0.181. The zero-order chi connectivity index (χ0) is 24.9. The molecule has 0 heterocycles. The number of aliphatic carboxylic acids is 1.